The SMILES string of the molecule is O=C(O)C(CCNc1ccccc1)C(F)(F)F. The predicted octanol–water partition coefficient (Wildman–Crippen LogP) is 2.75. The van der Waals surface area contributed by atoms with Crippen LogP contribution >= 0.6 is 0 Å². The van der Waals surface area contributed by atoms with Crippen molar-refractivity contribution in [2.45, 2.75) is 12.6 Å². The van der Waals surface area contributed by atoms with Crippen LogP contribution in [0, 0.1) is 5.92 Å². The zero-order valence-corrected chi connectivity index (χ0v) is 8.87. The highest BCUT2D eigenvalue weighted by Gasteiger charge is 2.44. The Hall–Kier alpha value is -1.72. The lowest BCUT2D eigenvalue weighted by Gasteiger charge is -2.16. The van der Waals surface area contributed by atoms with Crippen LogP contribution in [-0.2, 0) is 4.79 Å². The van der Waals surface area contributed by atoms with Crippen LogP contribution in [0.15, 0.2) is 30.3 Å². The zero-order valence-electron chi connectivity index (χ0n) is 8.87. The largest absolute Gasteiger partial charge is 0.481 e. The summed E-state index contributed by atoms with van der Waals surface area (Å²) < 4.78 is 36.9. The van der Waals surface area contributed by atoms with Gasteiger partial charge in [0, 0.05) is 12.2 Å². The maximum absolute atomic E-state index is 12.3. The van der Waals surface area contributed by atoms with Gasteiger partial charge in [-0.15, -0.1) is 0 Å². The van der Waals surface area contributed by atoms with Crippen molar-refractivity contribution in [1.29, 1.82) is 0 Å². The molecule has 1 aromatic rings. The average Bonchev–Trinajstić information content (AvgIpc) is 2.23. The number of aliphatic carboxylic acids is 1. The Kier molecular flexibility index (Phi) is 4.37. The summed E-state index contributed by atoms with van der Waals surface area (Å²) in [5, 5.41) is 11.2. The lowest BCUT2D eigenvalue weighted by molar-refractivity contribution is -0.194. The van der Waals surface area contributed by atoms with Gasteiger partial charge in [-0.25, -0.2) is 0 Å². The quantitative estimate of drug-likeness (QED) is 0.841. The fourth-order valence-corrected chi connectivity index (χ4v) is 1.34. The Morgan fingerprint density at radius 3 is 2.35 bits per heavy atom. The molecule has 0 radical (unpaired) electrons. The summed E-state index contributed by atoms with van der Waals surface area (Å²) in [5.41, 5.74) is 0.666. The van der Waals surface area contributed by atoms with Crippen molar-refractivity contribution >= 4 is 11.7 Å². The molecule has 0 aliphatic rings. The van der Waals surface area contributed by atoms with Crippen LogP contribution in [0.3, 0.4) is 0 Å². The van der Waals surface area contributed by atoms with Crippen LogP contribution in [0.1, 0.15) is 6.42 Å². The number of hydrogen-bond acceptors (Lipinski definition) is 2. The Bertz CT molecular complexity index is 365. The highest BCUT2D eigenvalue weighted by molar-refractivity contribution is 5.71. The lowest BCUT2D eigenvalue weighted by Crippen LogP contribution is -2.32. The molecular weight excluding hydrogens is 235 g/mol. The molecule has 17 heavy (non-hydrogen) atoms. The van der Waals surface area contributed by atoms with Crippen molar-refractivity contribution in [3.05, 3.63) is 30.3 Å². The van der Waals surface area contributed by atoms with E-state index in [-0.39, 0.29) is 6.54 Å². The topological polar surface area (TPSA) is 49.3 Å². The van der Waals surface area contributed by atoms with Crippen LogP contribution in [0.2, 0.25) is 0 Å². The summed E-state index contributed by atoms with van der Waals surface area (Å²) in [5.74, 6) is -4.16. The van der Waals surface area contributed by atoms with E-state index in [2.05, 4.69) is 5.32 Å². The maximum Gasteiger partial charge on any atom is 0.402 e. The van der Waals surface area contributed by atoms with Gasteiger partial charge >= 0.3 is 12.1 Å². The first-order valence-corrected chi connectivity index (χ1v) is 4.99. The number of alkyl halides is 3. The second-order valence-electron chi connectivity index (χ2n) is 3.51. The molecule has 0 fully saturated rings. The molecule has 0 heterocycles. The summed E-state index contributed by atoms with van der Waals surface area (Å²) in [6, 6.07) is 8.65. The number of para-hydroxylation sites is 1. The van der Waals surface area contributed by atoms with E-state index in [1.165, 1.54) is 0 Å². The highest BCUT2D eigenvalue weighted by atomic mass is 19.4. The summed E-state index contributed by atoms with van der Waals surface area (Å²) in [6.45, 7) is -0.0412. The number of carbonyl (C=O) groups is 1. The molecule has 3 nitrogen and oxygen atoms in total. The third-order valence-electron chi connectivity index (χ3n) is 2.23. The Labute approximate surface area is 96.3 Å². The molecule has 0 aliphatic heterocycles. The van der Waals surface area contributed by atoms with Gasteiger partial charge in [0.15, 0.2) is 5.92 Å². The van der Waals surface area contributed by atoms with Crippen LogP contribution in [-0.4, -0.2) is 23.8 Å². The van der Waals surface area contributed by atoms with E-state index in [4.69, 9.17) is 5.11 Å². The van der Waals surface area contributed by atoms with Gasteiger partial charge in [0.25, 0.3) is 0 Å². The molecule has 1 rings (SSSR count). The standard InChI is InChI=1S/C11H12F3NO2/c12-11(13,14)9(10(16)17)6-7-15-8-4-2-1-3-5-8/h1-5,9,15H,6-7H2,(H,16,17). The average molecular weight is 247 g/mol. The molecule has 0 spiro atoms. The third kappa shape index (κ3) is 4.34. The minimum absolute atomic E-state index is 0.0412. The number of nitrogens with one attached hydrogen (secondary N) is 1. The van der Waals surface area contributed by atoms with Crippen molar-refractivity contribution in [3.63, 3.8) is 0 Å². The zero-order chi connectivity index (χ0) is 12.9. The van der Waals surface area contributed by atoms with Gasteiger partial charge < -0.3 is 10.4 Å². The molecule has 6 heteroatoms. The number of anilines is 1. The number of halogens is 3. The molecule has 1 unspecified atom stereocenters. The van der Waals surface area contributed by atoms with Crippen molar-refractivity contribution < 1.29 is 23.1 Å². The van der Waals surface area contributed by atoms with E-state index >= 15 is 0 Å². The van der Waals surface area contributed by atoms with E-state index < -0.39 is 24.5 Å². The van der Waals surface area contributed by atoms with Crippen molar-refractivity contribution in [3.8, 4) is 0 Å². The van der Waals surface area contributed by atoms with Gasteiger partial charge in [-0.2, -0.15) is 13.2 Å². The molecule has 1 atom stereocenters. The Balaban J connectivity index is 2.46. The summed E-state index contributed by atoms with van der Waals surface area (Å²) in [6.07, 6.45) is -5.20. The first-order chi connectivity index (χ1) is 7.91. The Morgan fingerprint density at radius 1 is 1.29 bits per heavy atom. The van der Waals surface area contributed by atoms with Gasteiger partial charge in [0.1, 0.15) is 0 Å². The number of benzene rings is 1. The summed E-state index contributed by atoms with van der Waals surface area (Å²) in [4.78, 5) is 10.4. The number of hydrogen-bond donors (Lipinski definition) is 2. The normalized spacial score (nSPS) is 13.1. The van der Waals surface area contributed by atoms with E-state index in [0.29, 0.717) is 5.69 Å². The predicted molar refractivity (Wildman–Crippen MR) is 56.7 cm³/mol. The summed E-state index contributed by atoms with van der Waals surface area (Å²) in [7, 11) is 0. The first-order valence-electron chi connectivity index (χ1n) is 4.99. The van der Waals surface area contributed by atoms with E-state index in [9.17, 15) is 18.0 Å². The van der Waals surface area contributed by atoms with Gasteiger partial charge in [-0.3, -0.25) is 4.79 Å². The fraction of sp³-hybridized carbons (Fsp3) is 0.364. The molecule has 0 bridgehead atoms. The van der Waals surface area contributed by atoms with Gasteiger partial charge in [-0.1, -0.05) is 18.2 Å². The molecule has 0 saturated carbocycles. The number of carboxylic acid groups (broad SMARTS) is 1. The van der Waals surface area contributed by atoms with E-state index in [1.54, 1.807) is 30.3 Å². The van der Waals surface area contributed by atoms with Gasteiger partial charge in [0.2, 0.25) is 0 Å². The molecule has 0 amide bonds. The second-order valence-corrected chi connectivity index (χ2v) is 3.51. The Morgan fingerprint density at radius 2 is 1.88 bits per heavy atom. The molecule has 0 aliphatic carbocycles. The highest BCUT2D eigenvalue weighted by Crippen LogP contribution is 2.29. The minimum atomic E-state index is -4.70. The van der Waals surface area contributed by atoms with Crippen LogP contribution < -0.4 is 5.32 Å². The molecule has 94 valence electrons. The van der Waals surface area contributed by atoms with E-state index in [0.717, 1.165) is 0 Å². The molecular formula is C11H12F3NO2. The molecule has 1 aromatic carbocycles. The monoisotopic (exact) mass is 247 g/mol. The van der Waals surface area contributed by atoms with Crippen molar-refractivity contribution in [2.75, 3.05) is 11.9 Å². The summed E-state index contributed by atoms with van der Waals surface area (Å²) >= 11 is 0. The van der Waals surface area contributed by atoms with Crippen molar-refractivity contribution in [2.24, 2.45) is 5.92 Å². The van der Waals surface area contributed by atoms with Gasteiger partial charge in [0.05, 0.1) is 0 Å². The fourth-order valence-electron chi connectivity index (χ4n) is 1.34. The van der Waals surface area contributed by atoms with Crippen molar-refractivity contribution in [1.82, 2.24) is 0 Å². The smallest absolute Gasteiger partial charge is 0.402 e. The number of carboxylic acids is 1. The maximum atomic E-state index is 12.3. The van der Waals surface area contributed by atoms with Crippen LogP contribution in [0.4, 0.5) is 18.9 Å². The third-order valence-corrected chi connectivity index (χ3v) is 2.23. The lowest BCUT2D eigenvalue weighted by atomic mass is 10.1. The first kappa shape index (κ1) is 13.3. The second kappa shape index (κ2) is 5.56. The van der Waals surface area contributed by atoms with Crippen LogP contribution in [0.25, 0.3) is 0 Å². The molecule has 0 aromatic heterocycles. The van der Waals surface area contributed by atoms with Crippen LogP contribution in [0.5, 0.6) is 0 Å². The minimum Gasteiger partial charge on any atom is -0.481 e. The molecule has 2 N–H and O–H groups in total. The van der Waals surface area contributed by atoms with Gasteiger partial charge in [-0.05, 0) is 18.6 Å². The number of rotatable bonds is 5. The van der Waals surface area contributed by atoms with E-state index in [1.807, 2.05) is 0 Å². The molecule has 0 saturated heterocycles.